The van der Waals surface area contributed by atoms with E-state index in [0.29, 0.717) is 41.5 Å². The average Bonchev–Trinajstić information content (AvgIpc) is 2.73. The molecule has 3 N–H and O–H groups in total. The second-order valence-electron chi connectivity index (χ2n) is 8.17. The fourth-order valence-corrected chi connectivity index (χ4v) is 4.94. The van der Waals surface area contributed by atoms with Crippen LogP contribution in [0.15, 0.2) is 30.5 Å². The molecule has 1 fully saturated rings. The van der Waals surface area contributed by atoms with Crippen LogP contribution in [-0.2, 0) is 16.4 Å². The van der Waals surface area contributed by atoms with E-state index >= 15 is 0 Å². The number of aromatic nitrogens is 2. The fourth-order valence-electron chi connectivity index (χ4n) is 4.38. The van der Waals surface area contributed by atoms with Crippen molar-refractivity contribution in [1.82, 2.24) is 14.9 Å². The number of hydrogen-bond acceptors (Lipinski definition) is 6. The van der Waals surface area contributed by atoms with Crippen molar-refractivity contribution in [1.29, 1.82) is 0 Å². The summed E-state index contributed by atoms with van der Waals surface area (Å²) in [7, 11) is -3.37. The predicted octanol–water partition coefficient (Wildman–Crippen LogP) is 2.03. The number of amides is 1. The molecular formula is C21H27N5O3S. The second kappa shape index (κ2) is 8.31. The van der Waals surface area contributed by atoms with Gasteiger partial charge in [-0.3, -0.25) is 9.52 Å². The van der Waals surface area contributed by atoms with E-state index in [1.54, 1.807) is 24.4 Å². The van der Waals surface area contributed by atoms with Crippen molar-refractivity contribution in [3.05, 3.63) is 41.7 Å². The maximum atomic E-state index is 13.1. The van der Waals surface area contributed by atoms with E-state index < -0.39 is 10.0 Å². The van der Waals surface area contributed by atoms with Gasteiger partial charge in [-0.1, -0.05) is 12.1 Å². The topological polar surface area (TPSA) is 118 Å². The zero-order chi connectivity index (χ0) is 21.3. The highest BCUT2D eigenvalue weighted by Gasteiger charge is 2.33. The first-order chi connectivity index (χ1) is 14.3. The number of nitrogens with zero attached hydrogens (tertiary/aromatic N) is 3. The maximum Gasteiger partial charge on any atom is 0.257 e. The number of carbonyl (C=O) groups is 1. The first-order valence-corrected chi connectivity index (χ1v) is 12.2. The van der Waals surface area contributed by atoms with E-state index in [0.717, 1.165) is 44.2 Å². The van der Waals surface area contributed by atoms with Gasteiger partial charge in [0.25, 0.3) is 5.91 Å². The molecule has 1 aromatic carbocycles. The molecule has 0 unspecified atom stereocenters. The van der Waals surface area contributed by atoms with E-state index in [2.05, 4.69) is 14.7 Å². The average molecular weight is 430 g/mol. The molecule has 0 bridgehead atoms. The number of fused-ring (bicyclic) bond motifs is 1. The van der Waals surface area contributed by atoms with E-state index in [-0.39, 0.29) is 11.9 Å². The first-order valence-electron chi connectivity index (χ1n) is 10.3. The minimum Gasteiger partial charge on any atom is -0.335 e. The van der Waals surface area contributed by atoms with E-state index in [1.165, 1.54) is 0 Å². The molecule has 4 rings (SSSR count). The number of sulfonamides is 1. The molecule has 2 aromatic rings. The third kappa shape index (κ3) is 4.46. The minimum atomic E-state index is -3.37. The molecule has 1 saturated carbocycles. The van der Waals surface area contributed by atoms with Gasteiger partial charge in [-0.05, 0) is 50.3 Å². The van der Waals surface area contributed by atoms with Crippen LogP contribution in [0.25, 0.3) is 11.4 Å². The van der Waals surface area contributed by atoms with Gasteiger partial charge in [0.2, 0.25) is 10.0 Å². The molecule has 0 saturated heterocycles. The van der Waals surface area contributed by atoms with Gasteiger partial charge in [0.1, 0.15) is 0 Å². The molecule has 1 aliphatic carbocycles. The zero-order valence-electron chi connectivity index (χ0n) is 17.0. The Kier molecular flexibility index (Phi) is 5.75. The van der Waals surface area contributed by atoms with Crippen LogP contribution in [0.5, 0.6) is 0 Å². The number of nitrogens with one attached hydrogen (secondary N) is 1. The first kappa shape index (κ1) is 20.7. The Labute approximate surface area is 177 Å². The molecule has 1 amide bonds. The van der Waals surface area contributed by atoms with Crippen LogP contribution in [0.3, 0.4) is 0 Å². The van der Waals surface area contributed by atoms with Crippen molar-refractivity contribution in [2.75, 3.05) is 24.1 Å². The van der Waals surface area contributed by atoms with Gasteiger partial charge in [0, 0.05) is 36.5 Å². The van der Waals surface area contributed by atoms with E-state index in [4.69, 9.17) is 5.73 Å². The van der Waals surface area contributed by atoms with Crippen LogP contribution < -0.4 is 10.5 Å². The minimum absolute atomic E-state index is 0.00601. The third-order valence-corrected chi connectivity index (χ3v) is 6.57. The van der Waals surface area contributed by atoms with Gasteiger partial charge in [-0.2, -0.15) is 0 Å². The molecule has 2 aliphatic rings. The summed E-state index contributed by atoms with van der Waals surface area (Å²) < 4.78 is 25.4. The Bertz CT molecular complexity index is 1050. The molecule has 9 heteroatoms. The molecule has 2 heterocycles. The van der Waals surface area contributed by atoms with Crippen LogP contribution >= 0.6 is 0 Å². The van der Waals surface area contributed by atoms with Crippen LogP contribution in [0.2, 0.25) is 0 Å². The van der Waals surface area contributed by atoms with Crippen molar-refractivity contribution in [2.24, 2.45) is 11.7 Å². The highest BCUT2D eigenvalue weighted by molar-refractivity contribution is 7.92. The smallest absolute Gasteiger partial charge is 0.257 e. The van der Waals surface area contributed by atoms with Crippen LogP contribution in [0.4, 0.5) is 5.69 Å². The Morgan fingerprint density at radius 1 is 1.23 bits per heavy atom. The third-order valence-electron chi connectivity index (χ3n) is 5.96. The van der Waals surface area contributed by atoms with Crippen LogP contribution in [-0.4, -0.2) is 54.6 Å². The number of nitrogens with two attached hydrogens (primary N) is 1. The molecule has 0 radical (unpaired) electrons. The summed E-state index contributed by atoms with van der Waals surface area (Å²) in [6.07, 6.45) is 7.55. The van der Waals surface area contributed by atoms with Gasteiger partial charge in [0.05, 0.1) is 17.5 Å². The lowest BCUT2D eigenvalue weighted by atomic mass is 9.84. The lowest BCUT2D eigenvalue weighted by molar-refractivity contribution is 0.0589. The lowest BCUT2D eigenvalue weighted by Gasteiger charge is -2.38. The van der Waals surface area contributed by atoms with Crippen molar-refractivity contribution in [3.8, 4) is 11.4 Å². The number of rotatable bonds is 5. The van der Waals surface area contributed by atoms with Crippen molar-refractivity contribution in [2.45, 2.75) is 38.1 Å². The van der Waals surface area contributed by atoms with Crippen molar-refractivity contribution < 1.29 is 13.2 Å². The molecule has 8 nitrogen and oxygen atoms in total. The predicted molar refractivity (Wildman–Crippen MR) is 115 cm³/mol. The van der Waals surface area contributed by atoms with Crippen molar-refractivity contribution in [3.63, 3.8) is 0 Å². The zero-order valence-corrected chi connectivity index (χ0v) is 17.9. The quantitative estimate of drug-likeness (QED) is 0.751. The van der Waals surface area contributed by atoms with Crippen LogP contribution in [0, 0.1) is 5.92 Å². The van der Waals surface area contributed by atoms with Gasteiger partial charge in [0.15, 0.2) is 5.82 Å². The molecule has 0 spiro atoms. The summed E-state index contributed by atoms with van der Waals surface area (Å²) in [5.41, 5.74) is 8.25. The van der Waals surface area contributed by atoms with Crippen LogP contribution in [0.1, 0.15) is 41.7 Å². The Morgan fingerprint density at radius 3 is 2.70 bits per heavy atom. The normalized spacial score (nSPS) is 21.9. The van der Waals surface area contributed by atoms with E-state index in [1.807, 2.05) is 11.0 Å². The maximum absolute atomic E-state index is 13.1. The SMILES string of the molecule is CS(=O)(=O)Nc1cccc(-c2ncc3c(n2)CCN([C@H]2CC[C@@H](CN)CC2)C3=O)c1. The Morgan fingerprint density at radius 2 is 2.00 bits per heavy atom. The fraction of sp³-hybridized carbons (Fsp3) is 0.476. The Hall–Kier alpha value is -2.52. The molecule has 1 aromatic heterocycles. The lowest BCUT2D eigenvalue weighted by Crippen LogP contribution is -2.46. The summed E-state index contributed by atoms with van der Waals surface area (Å²) in [5.74, 6) is 1.06. The van der Waals surface area contributed by atoms with Gasteiger partial charge in [-0.15, -0.1) is 0 Å². The van der Waals surface area contributed by atoms with Crippen molar-refractivity contribution >= 4 is 21.6 Å². The van der Waals surface area contributed by atoms with Gasteiger partial charge < -0.3 is 10.6 Å². The standard InChI is InChI=1S/C21H27N5O3S/c1-30(28,29)25-16-4-2-3-15(11-16)20-23-13-18-19(24-20)9-10-26(21(18)27)17-7-5-14(12-22)6-8-17/h2-4,11,13-14,17,25H,5-10,12,22H2,1H3/t14-,17+. The molecular weight excluding hydrogens is 402 g/mol. The van der Waals surface area contributed by atoms with Gasteiger partial charge in [-0.25, -0.2) is 18.4 Å². The second-order valence-corrected chi connectivity index (χ2v) is 9.92. The number of benzene rings is 1. The summed E-state index contributed by atoms with van der Waals surface area (Å²) in [5, 5.41) is 0. The molecule has 30 heavy (non-hydrogen) atoms. The number of hydrogen-bond donors (Lipinski definition) is 2. The summed E-state index contributed by atoms with van der Waals surface area (Å²) >= 11 is 0. The highest BCUT2D eigenvalue weighted by Crippen LogP contribution is 2.30. The molecule has 0 atom stereocenters. The monoisotopic (exact) mass is 429 g/mol. The summed E-state index contributed by atoms with van der Waals surface area (Å²) in [6.45, 7) is 1.39. The molecule has 1 aliphatic heterocycles. The highest BCUT2D eigenvalue weighted by atomic mass is 32.2. The number of carbonyl (C=O) groups excluding carboxylic acids is 1. The summed E-state index contributed by atoms with van der Waals surface area (Å²) in [6, 6.07) is 7.20. The van der Waals surface area contributed by atoms with Gasteiger partial charge >= 0.3 is 0 Å². The largest absolute Gasteiger partial charge is 0.335 e. The summed E-state index contributed by atoms with van der Waals surface area (Å²) in [4.78, 5) is 24.1. The molecule has 160 valence electrons. The number of anilines is 1. The van der Waals surface area contributed by atoms with E-state index in [9.17, 15) is 13.2 Å². The Balaban J connectivity index is 1.53.